The van der Waals surface area contributed by atoms with Crippen molar-refractivity contribution < 1.29 is 0 Å². The van der Waals surface area contributed by atoms with Crippen molar-refractivity contribution in [1.82, 2.24) is 10.2 Å². The monoisotopic (exact) mass is 278 g/mol. The molecule has 0 saturated heterocycles. The number of hydrogen-bond acceptors (Lipinski definition) is 1. The van der Waals surface area contributed by atoms with Crippen LogP contribution in [-0.4, -0.2) is 10.2 Å². The van der Waals surface area contributed by atoms with E-state index in [2.05, 4.69) is 65.1 Å². The molecule has 0 saturated carbocycles. The summed E-state index contributed by atoms with van der Waals surface area (Å²) in [6.07, 6.45) is 1.86. The second kappa shape index (κ2) is 4.42. The summed E-state index contributed by atoms with van der Waals surface area (Å²) in [5.74, 6) is 0.546. The molecule has 2 rings (SSSR count). The third kappa shape index (κ3) is 2.05. The molecule has 2 nitrogen and oxygen atoms in total. The highest BCUT2D eigenvalue weighted by Crippen LogP contribution is 2.31. The van der Waals surface area contributed by atoms with Gasteiger partial charge in [0.15, 0.2) is 0 Å². The normalized spacial score (nSPS) is 11.1. The quantitative estimate of drug-likeness (QED) is 0.873. The van der Waals surface area contributed by atoms with Gasteiger partial charge in [-0.25, -0.2) is 0 Å². The molecule has 1 aromatic heterocycles. The van der Waals surface area contributed by atoms with Crippen LogP contribution in [0.15, 0.2) is 29.0 Å². The second-order valence-corrected chi connectivity index (χ2v) is 5.12. The average molecular weight is 279 g/mol. The van der Waals surface area contributed by atoms with Crippen LogP contribution in [0.1, 0.15) is 30.9 Å². The molecule has 0 unspecified atom stereocenters. The molecule has 0 bridgehead atoms. The van der Waals surface area contributed by atoms with Crippen LogP contribution >= 0.6 is 15.9 Å². The van der Waals surface area contributed by atoms with Gasteiger partial charge >= 0.3 is 0 Å². The van der Waals surface area contributed by atoms with E-state index in [0.29, 0.717) is 5.92 Å². The van der Waals surface area contributed by atoms with Gasteiger partial charge in [-0.2, -0.15) is 5.10 Å². The van der Waals surface area contributed by atoms with E-state index in [1.165, 1.54) is 16.7 Å². The smallest absolute Gasteiger partial charge is 0.108 e. The summed E-state index contributed by atoms with van der Waals surface area (Å²) in [6, 6.07) is 6.61. The highest BCUT2D eigenvalue weighted by molar-refractivity contribution is 9.10. The highest BCUT2D eigenvalue weighted by atomic mass is 79.9. The molecule has 3 heteroatoms. The van der Waals surface area contributed by atoms with Gasteiger partial charge < -0.3 is 0 Å². The lowest BCUT2D eigenvalue weighted by atomic mass is 9.95. The maximum absolute atomic E-state index is 4.04. The Morgan fingerprint density at radius 3 is 2.56 bits per heavy atom. The van der Waals surface area contributed by atoms with Gasteiger partial charge in [0.2, 0.25) is 0 Å². The summed E-state index contributed by atoms with van der Waals surface area (Å²) < 4.78 is 0.941. The van der Waals surface area contributed by atoms with Crippen molar-refractivity contribution in [3.63, 3.8) is 0 Å². The first-order valence-corrected chi connectivity index (χ1v) is 6.18. The minimum Gasteiger partial charge on any atom is -0.271 e. The first kappa shape index (κ1) is 11.4. The molecular formula is C13H15BrN2. The SMILES string of the molecule is Cc1ccc(C(C)C)cc1-c1cn[nH]c1Br. The van der Waals surface area contributed by atoms with Crippen LogP contribution in [0, 0.1) is 6.92 Å². The molecule has 0 spiro atoms. The number of aromatic amines is 1. The number of aromatic nitrogens is 2. The highest BCUT2D eigenvalue weighted by Gasteiger charge is 2.09. The minimum absolute atomic E-state index is 0.546. The molecule has 0 aliphatic rings. The van der Waals surface area contributed by atoms with E-state index in [1.54, 1.807) is 0 Å². The van der Waals surface area contributed by atoms with E-state index in [1.807, 2.05) is 6.20 Å². The van der Waals surface area contributed by atoms with Gasteiger partial charge in [-0.05, 0) is 45.5 Å². The molecule has 0 amide bonds. The average Bonchev–Trinajstić information content (AvgIpc) is 2.65. The van der Waals surface area contributed by atoms with Crippen molar-refractivity contribution in [2.45, 2.75) is 26.7 Å². The number of halogens is 1. The standard InChI is InChI=1S/C13H15BrN2/c1-8(2)10-5-4-9(3)11(6-10)12-7-15-16-13(12)14/h4-8H,1-3H3,(H,15,16). The first-order chi connectivity index (χ1) is 7.59. The molecule has 0 aliphatic carbocycles. The third-order valence-corrected chi connectivity index (χ3v) is 3.42. The molecule has 0 fully saturated rings. The van der Waals surface area contributed by atoms with Gasteiger partial charge in [-0.1, -0.05) is 32.0 Å². The van der Waals surface area contributed by atoms with E-state index in [9.17, 15) is 0 Å². The van der Waals surface area contributed by atoms with Gasteiger partial charge in [-0.3, -0.25) is 5.10 Å². The Morgan fingerprint density at radius 2 is 2.00 bits per heavy atom. The minimum atomic E-state index is 0.546. The molecule has 0 atom stereocenters. The Labute approximate surface area is 104 Å². The molecule has 84 valence electrons. The van der Waals surface area contributed by atoms with Gasteiger partial charge in [0.05, 0.1) is 6.20 Å². The number of nitrogens with zero attached hydrogens (tertiary/aromatic N) is 1. The largest absolute Gasteiger partial charge is 0.271 e. The van der Waals surface area contributed by atoms with Gasteiger partial charge in [-0.15, -0.1) is 0 Å². The van der Waals surface area contributed by atoms with Crippen molar-refractivity contribution in [2.75, 3.05) is 0 Å². The zero-order chi connectivity index (χ0) is 11.7. The Kier molecular flexibility index (Phi) is 3.15. The van der Waals surface area contributed by atoms with Gasteiger partial charge in [0, 0.05) is 5.56 Å². The molecule has 1 N–H and O–H groups in total. The summed E-state index contributed by atoms with van der Waals surface area (Å²) in [7, 11) is 0. The third-order valence-electron chi connectivity index (χ3n) is 2.81. The lowest BCUT2D eigenvalue weighted by molar-refractivity contribution is 0.866. The van der Waals surface area contributed by atoms with E-state index in [0.717, 1.165) is 10.2 Å². The van der Waals surface area contributed by atoms with Crippen LogP contribution in [0.4, 0.5) is 0 Å². The maximum Gasteiger partial charge on any atom is 0.108 e. The van der Waals surface area contributed by atoms with Crippen LogP contribution < -0.4 is 0 Å². The lowest BCUT2D eigenvalue weighted by Gasteiger charge is -2.10. The molecular weight excluding hydrogens is 264 g/mol. The topological polar surface area (TPSA) is 28.7 Å². The van der Waals surface area contributed by atoms with Crippen LogP contribution in [0.2, 0.25) is 0 Å². The first-order valence-electron chi connectivity index (χ1n) is 5.39. The van der Waals surface area contributed by atoms with Crippen LogP contribution in [0.3, 0.4) is 0 Å². The summed E-state index contributed by atoms with van der Waals surface area (Å²) in [6.45, 7) is 6.54. The lowest BCUT2D eigenvalue weighted by Crippen LogP contribution is -1.90. The number of nitrogens with one attached hydrogen (secondary N) is 1. The summed E-state index contributed by atoms with van der Waals surface area (Å²) >= 11 is 3.48. The molecule has 0 radical (unpaired) electrons. The van der Waals surface area contributed by atoms with E-state index in [-0.39, 0.29) is 0 Å². The van der Waals surface area contributed by atoms with Crippen molar-refractivity contribution >= 4 is 15.9 Å². The Morgan fingerprint density at radius 1 is 1.25 bits per heavy atom. The van der Waals surface area contributed by atoms with Gasteiger partial charge in [0.25, 0.3) is 0 Å². The van der Waals surface area contributed by atoms with Crippen LogP contribution in [-0.2, 0) is 0 Å². The number of benzene rings is 1. The predicted molar refractivity (Wildman–Crippen MR) is 70.5 cm³/mol. The van der Waals surface area contributed by atoms with E-state index >= 15 is 0 Å². The Balaban J connectivity index is 2.56. The van der Waals surface area contributed by atoms with Crippen LogP contribution in [0.5, 0.6) is 0 Å². The molecule has 1 aromatic carbocycles. The number of aryl methyl sites for hydroxylation is 1. The Bertz CT molecular complexity index is 500. The predicted octanol–water partition coefficient (Wildman–Crippen LogP) is 4.27. The van der Waals surface area contributed by atoms with Crippen LogP contribution in [0.25, 0.3) is 11.1 Å². The zero-order valence-electron chi connectivity index (χ0n) is 9.71. The van der Waals surface area contributed by atoms with E-state index < -0.39 is 0 Å². The zero-order valence-corrected chi connectivity index (χ0v) is 11.3. The molecule has 2 aromatic rings. The molecule has 16 heavy (non-hydrogen) atoms. The van der Waals surface area contributed by atoms with Crippen molar-refractivity contribution in [3.05, 3.63) is 40.1 Å². The fourth-order valence-electron chi connectivity index (χ4n) is 1.75. The van der Waals surface area contributed by atoms with Gasteiger partial charge in [0.1, 0.15) is 4.60 Å². The fraction of sp³-hybridized carbons (Fsp3) is 0.308. The fourth-order valence-corrected chi connectivity index (χ4v) is 2.17. The number of hydrogen-bond donors (Lipinski definition) is 1. The van der Waals surface area contributed by atoms with Crippen molar-refractivity contribution in [2.24, 2.45) is 0 Å². The van der Waals surface area contributed by atoms with Crippen molar-refractivity contribution in [1.29, 1.82) is 0 Å². The molecule has 0 aliphatic heterocycles. The maximum atomic E-state index is 4.04. The number of H-pyrrole nitrogens is 1. The summed E-state index contributed by atoms with van der Waals surface area (Å²) in [5.41, 5.74) is 4.99. The van der Waals surface area contributed by atoms with Crippen molar-refractivity contribution in [3.8, 4) is 11.1 Å². The second-order valence-electron chi connectivity index (χ2n) is 4.33. The Hall–Kier alpha value is -1.09. The summed E-state index contributed by atoms with van der Waals surface area (Å²) in [4.78, 5) is 0. The number of rotatable bonds is 2. The molecule has 1 heterocycles. The van der Waals surface area contributed by atoms with E-state index in [4.69, 9.17) is 0 Å². The summed E-state index contributed by atoms with van der Waals surface area (Å²) in [5, 5.41) is 6.95.